The minimum Gasteiger partial charge on any atom is -0.364 e. The molecule has 0 saturated carbocycles. The van der Waals surface area contributed by atoms with E-state index in [1.165, 1.54) is 38.4 Å². The van der Waals surface area contributed by atoms with Crippen molar-refractivity contribution in [1.82, 2.24) is 24.9 Å². The fraction of sp³-hybridized carbons (Fsp3) is 0.227. The fourth-order valence-corrected chi connectivity index (χ4v) is 3.36. The SMILES string of the molecule is CC(C)(C(=O)Nc1ccnc(-c2cc(-c3ccon3)n(Cc3ccccc3F)n2)n1)S(C)(=O)=O. The van der Waals surface area contributed by atoms with Crippen molar-refractivity contribution in [3.8, 4) is 22.9 Å². The number of carbonyl (C=O) groups is 1. The molecule has 0 radical (unpaired) electrons. The van der Waals surface area contributed by atoms with Crippen LogP contribution in [0.2, 0.25) is 0 Å². The maximum absolute atomic E-state index is 14.3. The van der Waals surface area contributed by atoms with Crippen LogP contribution < -0.4 is 5.32 Å². The van der Waals surface area contributed by atoms with E-state index < -0.39 is 20.5 Å². The van der Waals surface area contributed by atoms with Gasteiger partial charge in [-0.05, 0) is 32.0 Å². The van der Waals surface area contributed by atoms with Gasteiger partial charge in [-0.25, -0.2) is 22.8 Å². The third kappa shape index (κ3) is 4.57. The van der Waals surface area contributed by atoms with Gasteiger partial charge < -0.3 is 9.84 Å². The summed E-state index contributed by atoms with van der Waals surface area (Å²) >= 11 is 0. The summed E-state index contributed by atoms with van der Waals surface area (Å²) in [5.74, 6) is -0.821. The lowest BCUT2D eigenvalue weighted by Crippen LogP contribution is -2.44. The molecular formula is C22H21FN6O4S. The number of benzene rings is 1. The third-order valence-electron chi connectivity index (χ3n) is 5.36. The van der Waals surface area contributed by atoms with Crippen molar-refractivity contribution >= 4 is 21.6 Å². The second-order valence-corrected chi connectivity index (χ2v) is 10.6. The van der Waals surface area contributed by atoms with Gasteiger partial charge in [0.05, 0.1) is 12.2 Å². The number of amides is 1. The number of sulfone groups is 1. The number of aromatic nitrogens is 5. The van der Waals surface area contributed by atoms with Gasteiger partial charge in [0.25, 0.3) is 0 Å². The van der Waals surface area contributed by atoms with E-state index in [0.29, 0.717) is 22.6 Å². The Hall–Kier alpha value is -3.93. The van der Waals surface area contributed by atoms with E-state index in [1.54, 1.807) is 35.0 Å². The van der Waals surface area contributed by atoms with Crippen LogP contribution in [0.5, 0.6) is 0 Å². The summed E-state index contributed by atoms with van der Waals surface area (Å²) in [5.41, 5.74) is 1.79. The minimum atomic E-state index is -3.66. The Labute approximate surface area is 194 Å². The summed E-state index contributed by atoms with van der Waals surface area (Å²) in [6.07, 6.45) is 3.81. The Bertz CT molecular complexity index is 1450. The van der Waals surface area contributed by atoms with Crippen LogP contribution in [-0.2, 0) is 21.2 Å². The number of carbonyl (C=O) groups excluding carboxylic acids is 1. The molecule has 0 bridgehead atoms. The van der Waals surface area contributed by atoms with Crippen LogP contribution in [0.3, 0.4) is 0 Å². The first-order valence-corrected chi connectivity index (χ1v) is 12.0. The molecule has 0 aliphatic carbocycles. The average molecular weight is 485 g/mol. The van der Waals surface area contributed by atoms with Crippen LogP contribution in [0.25, 0.3) is 22.9 Å². The van der Waals surface area contributed by atoms with E-state index >= 15 is 0 Å². The number of hydrogen-bond donors (Lipinski definition) is 1. The molecule has 10 nitrogen and oxygen atoms in total. The van der Waals surface area contributed by atoms with Crippen molar-refractivity contribution in [2.24, 2.45) is 0 Å². The van der Waals surface area contributed by atoms with Crippen molar-refractivity contribution in [3.05, 3.63) is 66.3 Å². The van der Waals surface area contributed by atoms with E-state index in [4.69, 9.17) is 4.52 Å². The zero-order valence-corrected chi connectivity index (χ0v) is 19.4. The molecule has 1 N–H and O–H groups in total. The molecule has 4 aromatic rings. The second-order valence-electron chi connectivity index (χ2n) is 8.05. The van der Waals surface area contributed by atoms with Crippen LogP contribution in [-0.4, -0.2) is 50.2 Å². The normalized spacial score (nSPS) is 12.0. The summed E-state index contributed by atoms with van der Waals surface area (Å²) in [4.78, 5) is 21.1. The van der Waals surface area contributed by atoms with Gasteiger partial charge in [0.15, 0.2) is 15.7 Å². The van der Waals surface area contributed by atoms with Crippen LogP contribution in [0.15, 0.2) is 59.4 Å². The van der Waals surface area contributed by atoms with Crippen molar-refractivity contribution in [2.45, 2.75) is 25.1 Å². The molecular weight excluding hydrogens is 463 g/mol. The molecule has 176 valence electrons. The standard InChI is InChI=1S/C22H21FN6O4S/c1-22(2,34(3,31)32)21(30)26-19-8-10-24-20(25-19)17-12-18(16-9-11-33-28-16)29(27-17)13-14-6-4-5-7-15(14)23/h4-12H,13H2,1-3H3,(H,24,25,26,30). The molecule has 12 heteroatoms. The maximum Gasteiger partial charge on any atom is 0.246 e. The summed E-state index contributed by atoms with van der Waals surface area (Å²) < 4.78 is 43.0. The zero-order chi connectivity index (χ0) is 24.5. The molecule has 3 heterocycles. The van der Waals surface area contributed by atoms with Gasteiger partial charge in [0, 0.05) is 24.1 Å². The van der Waals surface area contributed by atoms with Gasteiger partial charge in [0.2, 0.25) is 5.91 Å². The van der Waals surface area contributed by atoms with E-state index in [2.05, 4.69) is 25.5 Å². The molecule has 0 fully saturated rings. The minimum absolute atomic E-state index is 0.110. The maximum atomic E-state index is 14.3. The van der Waals surface area contributed by atoms with E-state index in [0.717, 1.165) is 6.26 Å². The quantitative estimate of drug-likeness (QED) is 0.423. The number of halogens is 1. The highest BCUT2D eigenvalue weighted by Crippen LogP contribution is 2.26. The molecule has 0 unspecified atom stereocenters. The molecule has 0 aliphatic rings. The molecule has 1 aromatic carbocycles. The van der Waals surface area contributed by atoms with Crippen molar-refractivity contribution in [3.63, 3.8) is 0 Å². The van der Waals surface area contributed by atoms with Crippen molar-refractivity contribution in [2.75, 3.05) is 11.6 Å². The third-order valence-corrected chi connectivity index (χ3v) is 7.40. The molecule has 0 aliphatic heterocycles. The molecule has 3 aromatic heterocycles. The Morgan fingerprint density at radius 1 is 1.18 bits per heavy atom. The first-order chi connectivity index (χ1) is 16.1. The average Bonchev–Trinajstić information content (AvgIpc) is 3.45. The fourth-order valence-electron chi connectivity index (χ4n) is 2.97. The summed E-state index contributed by atoms with van der Waals surface area (Å²) in [6.45, 7) is 2.75. The van der Waals surface area contributed by atoms with E-state index in [-0.39, 0.29) is 24.0 Å². The Morgan fingerprint density at radius 3 is 2.62 bits per heavy atom. The highest BCUT2D eigenvalue weighted by Gasteiger charge is 2.38. The summed E-state index contributed by atoms with van der Waals surface area (Å²) in [5, 5.41) is 11.0. The molecule has 0 saturated heterocycles. The number of rotatable bonds is 7. The van der Waals surface area contributed by atoms with Gasteiger partial charge in [0.1, 0.15) is 34.0 Å². The number of nitrogens with one attached hydrogen (secondary N) is 1. The molecule has 0 atom stereocenters. The van der Waals surface area contributed by atoms with Crippen LogP contribution in [0.1, 0.15) is 19.4 Å². The lowest BCUT2D eigenvalue weighted by Gasteiger charge is -2.21. The lowest BCUT2D eigenvalue weighted by atomic mass is 10.2. The van der Waals surface area contributed by atoms with Gasteiger partial charge in [-0.3, -0.25) is 9.48 Å². The van der Waals surface area contributed by atoms with Crippen molar-refractivity contribution < 1.29 is 22.1 Å². The highest BCUT2D eigenvalue weighted by molar-refractivity contribution is 7.92. The second kappa shape index (κ2) is 8.78. The molecule has 1 amide bonds. The smallest absolute Gasteiger partial charge is 0.246 e. The predicted octanol–water partition coefficient (Wildman–Crippen LogP) is 2.94. The molecule has 0 spiro atoms. The number of nitrogens with zero attached hydrogens (tertiary/aromatic N) is 5. The molecule has 4 rings (SSSR count). The Morgan fingerprint density at radius 2 is 1.94 bits per heavy atom. The van der Waals surface area contributed by atoms with E-state index in [1.807, 2.05) is 0 Å². The largest absolute Gasteiger partial charge is 0.364 e. The van der Waals surface area contributed by atoms with Crippen molar-refractivity contribution in [1.29, 1.82) is 0 Å². The lowest BCUT2D eigenvalue weighted by molar-refractivity contribution is -0.117. The number of hydrogen-bond acceptors (Lipinski definition) is 8. The summed E-state index contributed by atoms with van der Waals surface area (Å²) in [6, 6.07) is 11.1. The molecule has 34 heavy (non-hydrogen) atoms. The highest BCUT2D eigenvalue weighted by atomic mass is 32.2. The van der Waals surface area contributed by atoms with Crippen LogP contribution in [0, 0.1) is 5.82 Å². The van der Waals surface area contributed by atoms with Gasteiger partial charge in [-0.1, -0.05) is 23.4 Å². The van der Waals surface area contributed by atoms with Gasteiger partial charge >= 0.3 is 0 Å². The Balaban J connectivity index is 1.69. The monoisotopic (exact) mass is 484 g/mol. The topological polar surface area (TPSA) is 133 Å². The first kappa shape index (κ1) is 23.2. The van der Waals surface area contributed by atoms with Gasteiger partial charge in [-0.15, -0.1) is 0 Å². The van der Waals surface area contributed by atoms with Gasteiger partial charge in [-0.2, -0.15) is 5.10 Å². The van der Waals surface area contributed by atoms with Crippen LogP contribution >= 0.6 is 0 Å². The van der Waals surface area contributed by atoms with Crippen LogP contribution in [0.4, 0.5) is 10.2 Å². The summed E-state index contributed by atoms with van der Waals surface area (Å²) in [7, 11) is -3.66. The predicted molar refractivity (Wildman–Crippen MR) is 122 cm³/mol. The van der Waals surface area contributed by atoms with E-state index in [9.17, 15) is 17.6 Å². The first-order valence-electron chi connectivity index (χ1n) is 10.1. The number of anilines is 1. The zero-order valence-electron chi connectivity index (χ0n) is 18.6. The Kier molecular flexibility index (Phi) is 6.00.